The van der Waals surface area contributed by atoms with E-state index in [1.165, 1.54) is 0 Å². The van der Waals surface area contributed by atoms with E-state index >= 15 is 0 Å². The highest BCUT2D eigenvalue weighted by atomic mass is 16.2. The number of urea groups is 2. The Bertz CT molecular complexity index is 279. The first kappa shape index (κ1) is 8.97. The van der Waals surface area contributed by atoms with Crippen molar-refractivity contribution in [2.45, 2.75) is 6.42 Å². The Morgan fingerprint density at radius 2 is 2.08 bits per heavy atom. The first-order chi connectivity index (χ1) is 6.00. The normalized spacial score (nSPS) is 16.9. The summed E-state index contributed by atoms with van der Waals surface area (Å²) in [5.74, 6) is -1.54. The monoisotopic (exact) mass is 186 g/mol. The van der Waals surface area contributed by atoms with Gasteiger partial charge in [-0.05, 0) is 0 Å². The summed E-state index contributed by atoms with van der Waals surface area (Å²) in [6.45, 7) is 0. The molecule has 0 radical (unpaired) electrons. The van der Waals surface area contributed by atoms with Gasteiger partial charge in [0.25, 0.3) is 5.91 Å². The maximum atomic E-state index is 10.9. The molecule has 0 aromatic rings. The summed E-state index contributed by atoms with van der Waals surface area (Å²) >= 11 is 0. The van der Waals surface area contributed by atoms with Crippen LogP contribution in [0, 0.1) is 0 Å². The van der Waals surface area contributed by atoms with Gasteiger partial charge < -0.3 is 5.73 Å². The molecule has 1 fully saturated rings. The number of hydrogen-bond acceptors (Lipinski definition) is 4. The molecule has 1 aliphatic heterocycles. The van der Waals surface area contributed by atoms with Gasteiger partial charge in [-0.2, -0.15) is 5.01 Å². The minimum atomic E-state index is -1.06. The molecule has 0 aliphatic carbocycles. The smallest absolute Gasteiger partial charge is 0.350 e. The van der Waals surface area contributed by atoms with Gasteiger partial charge in [-0.25, -0.2) is 15.0 Å². The molecule has 1 aliphatic rings. The Morgan fingerprint density at radius 3 is 2.54 bits per heavy atom. The lowest BCUT2D eigenvalue weighted by atomic mass is 10.3. The van der Waals surface area contributed by atoms with E-state index in [0.29, 0.717) is 5.01 Å². The van der Waals surface area contributed by atoms with E-state index in [2.05, 4.69) is 5.73 Å². The molecule has 0 bridgehead atoms. The van der Waals surface area contributed by atoms with Crippen LogP contribution >= 0.6 is 0 Å². The van der Waals surface area contributed by atoms with Gasteiger partial charge >= 0.3 is 12.1 Å². The summed E-state index contributed by atoms with van der Waals surface area (Å²) in [5, 5.41) is 2.17. The highest BCUT2D eigenvalue weighted by Crippen LogP contribution is 1.98. The number of hydrazine groups is 1. The number of rotatable bonds is 1. The minimum absolute atomic E-state index is 0.351. The minimum Gasteiger partial charge on any atom is -0.350 e. The number of amides is 6. The second kappa shape index (κ2) is 3.09. The van der Waals surface area contributed by atoms with Crippen molar-refractivity contribution < 1.29 is 19.2 Å². The van der Waals surface area contributed by atoms with Gasteiger partial charge in [0.2, 0.25) is 5.91 Å². The number of imide groups is 2. The van der Waals surface area contributed by atoms with Gasteiger partial charge in [0.15, 0.2) is 0 Å². The number of nitrogens with zero attached hydrogens (tertiary/aromatic N) is 1. The van der Waals surface area contributed by atoms with Crippen molar-refractivity contribution >= 4 is 23.9 Å². The number of primary amides is 1. The molecule has 0 saturated carbocycles. The largest absolute Gasteiger partial charge is 0.350 e. The van der Waals surface area contributed by atoms with Crippen LogP contribution < -0.4 is 16.5 Å². The average Bonchev–Trinajstić information content (AvgIpc) is 1.96. The van der Waals surface area contributed by atoms with Crippen LogP contribution in [0.15, 0.2) is 0 Å². The summed E-state index contributed by atoms with van der Waals surface area (Å²) in [5.41, 5.74) is 6.43. The number of nitrogens with one attached hydrogen (secondary N) is 2. The third-order valence-corrected chi connectivity index (χ3v) is 1.23. The molecule has 1 rings (SSSR count). The van der Waals surface area contributed by atoms with Crippen molar-refractivity contribution in [2.24, 2.45) is 5.73 Å². The average molecular weight is 186 g/mol. The Hall–Kier alpha value is -2.12. The fourth-order valence-corrected chi connectivity index (χ4v) is 0.772. The van der Waals surface area contributed by atoms with Crippen molar-refractivity contribution in [3.05, 3.63) is 0 Å². The number of carbonyl (C=O) groups excluding carboxylic acids is 4. The molecule has 0 atom stereocenters. The Labute approximate surface area is 72.0 Å². The van der Waals surface area contributed by atoms with Gasteiger partial charge in [-0.1, -0.05) is 0 Å². The molecule has 8 nitrogen and oxygen atoms in total. The lowest BCUT2D eigenvalue weighted by Crippen LogP contribution is -2.60. The quantitative estimate of drug-likeness (QED) is 0.411. The predicted molar refractivity (Wildman–Crippen MR) is 37.7 cm³/mol. The van der Waals surface area contributed by atoms with Gasteiger partial charge in [0, 0.05) is 0 Å². The molecule has 4 N–H and O–H groups in total. The van der Waals surface area contributed by atoms with Crippen LogP contribution in [0.3, 0.4) is 0 Å². The summed E-state index contributed by atoms with van der Waals surface area (Å²) in [6.07, 6.45) is -0.494. The van der Waals surface area contributed by atoms with Crippen LogP contribution in [0.5, 0.6) is 0 Å². The maximum Gasteiger partial charge on any atom is 0.350 e. The van der Waals surface area contributed by atoms with Crippen LogP contribution in [0.25, 0.3) is 0 Å². The van der Waals surface area contributed by atoms with Crippen molar-refractivity contribution in [2.75, 3.05) is 0 Å². The molecule has 13 heavy (non-hydrogen) atoms. The molecule has 70 valence electrons. The topological polar surface area (TPSA) is 122 Å². The molecular weight excluding hydrogens is 180 g/mol. The van der Waals surface area contributed by atoms with E-state index in [9.17, 15) is 19.2 Å². The lowest BCUT2D eigenvalue weighted by molar-refractivity contribution is -0.137. The molecule has 6 amide bonds. The molecule has 1 heterocycles. The van der Waals surface area contributed by atoms with Crippen LogP contribution in [0.4, 0.5) is 9.59 Å². The molecule has 0 spiro atoms. The van der Waals surface area contributed by atoms with Gasteiger partial charge in [0.1, 0.15) is 6.42 Å². The van der Waals surface area contributed by atoms with Crippen LogP contribution in [0.2, 0.25) is 0 Å². The number of barbiturate groups is 1. The number of carbonyl (C=O) groups is 4. The number of nitrogens with two attached hydrogens (primary N) is 1. The number of hydrogen-bond donors (Lipinski definition) is 3. The van der Waals surface area contributed by atoms with E-state index in [0.717, 1.165) is 0 Å². The molecule has 8 heteroatoms. The molecule has 0 aromatic heterocycles. The third-order valence-electron chi connectivity index (χ3n) is 1.23. The Kier molecular flexibility index (Phi) is 2.13. The first-order valence-corrected chi connectivity index (χ1v) is 3.23. The SMILES string of the molecule is NC(=O)NN1C(=O)CC(=O)NC1=O. The highest BCUT2D eigenvalue weighted by molar-refractivity contribution is 6.14. The van der Waals surface area contributed by atoms with Crippen molar-refractivity contribution in [1.29, 1.82) is 0 Å². The second-order valence-electron chi connectivity index (χ2n) is 2.24. The summed E-state index contributed by atoms with van der Waals surface area (Å²) in [7, 11) is 0. The standard InChI is InChI=1S/C5H6N4O4/c6-4(12)8-9-3(11)1-2(10)7-5(9)13/h1H2,(H3,6,8,12)(H,7,10,13). The second-order valence-corrected chi connectivity index (χ2v) is 2.24. The van der Waals surface area contributed by atoms with Crippen molar-refractivity contribution in [1.82, 2.24) is 15.8 Å². The fourth-order valence-electron chi connectivity index (χ4n) is 0.772. The lowest BCUT2D eigenvalue weighted by Gasteiger charge is -2.23. The maximum absolute atomic E-state index is 10.9. The zero-order valence-electron chi connectivity index (χ0n) is 6.36. The van der Waals surface area contributed by atoms with E-state index < -0.39 is 30.3 Å². The summed E-state index contributed by atoms with van der Waals surface area (Å²) < 4.78 is 0. The predicted octanol–water partition coefficient (Wildman–Crippen LogP) is -1.96. The molecular formula is C5H6N4O4. The Morgan fingerprint density at radius 1 is 1.46 bits per heavy atom. The third kappa shape index (κ3) is 1.92. The van der Waals surface area contributed by atoms with E-state index in [-0.39, 0.29) is 0 Å². The molecule has 0 aromatic carbocycles. The Balaban J connectivity index is 2.73. The summed E-state index contributed by atoms with van der Waals surface area (Å²) in [6, 6.07) is -2.07. The van der Waals surface area contributed by atoms with Crippen molar-refractivity contribution in [3.63, 3.8) is 0 Å². The van der Waals surface area contributed by atoms with Crippen LogP contribution in [0.1, 0.15) is 6.42 Å². The first-order valence-electron chi connectivity index (χ1n) is 3.23. The van der Waals surface area contributed by atoms with Gasteiger partial charge in [0.05, 0.1) is 0 Å². The zero-order valence-corrected chi connectivity index (χ0v) is 6.36. The fraction of sp³-hybridized carbons (Fsp3) is 0.200. The van der Waals surface area contributed by atoms with Gasteiger partial charge in [-0.3, -0.25) is 14.9 Å². The highest BCUT2D eigenvalue weighted by Gasteiger charge is 2.31. The van der Waals surface area contributed by atoms with Crippen LogP contribution in [-0.2, 0) is 9.59 Å². The van der Waals surface area contributed by atoms with E-state index in [1.807, 2.05) is 5.32 Å². The van der Waals surface area contributed by atoms with Gasteiger partial charge in [-0.15, -0.1) is 0 Å². The molecule has 0 unspecified atom stereocenters. The van der Waals surface area contributed by atoms with E-state index in [4.69, 9.17) is 0 Å². The van der Waals surface area contributed by atoms with Crippen LogP contribution in [-0.4, -0.2) is 28.9 Å². The zero-order chi connectivity index (χ0) is 10.0. The van der Waals surface area contributed by atoms with Crippen molar-refractivity contribution in [3.8, 4) is 0 Å². The van der Waals surface area contributed by atoms with E-state index in [1.54, 1.807) is 5.43 Å². The summed E-state index contributed by atoms with van der Waals surface area (Å²) in [4.78, 5) is 42.7. The molecule has 1 saturated heterocycles.